The Morgan fingerprint density at radius 2 is 1.48 bits per heavy atom. The number of amides is 2. The second kappa shape index (κ2) is 13.7. The van der Waals surface area contributed by atoms with Crippen LogP contribution in [-0.2, 0) is 17.8 Å². The molecule has 0 aliphatic rings. The number of benzene rings is 3. The number of rotatable bonds is 12. The number of nitrogens with one attached hydrogen (secondary N) is 1. The van der Waals surface area contributed by atoms with E-state index < -0.39 is 5.97 Å². The molecule has 0 aliphatic carbocycles. The summed E-state index contributed by atoms with van der Waals surface area (Å²) >= 11 is 0. The van der Waals surface area contributed by atoms with Crippen LogP contribution in [0.25, 0.3) is 11.1 Å². The van der Waals surface area contributed by atoms with Gasteiger partial charge in [0.05, 0.1) is 25.8 Å². The van der Waals surface area contributed by atoms with Gasteiger partial charge in [0, 0.05) is 30.4 Å². The van der Waals surface area contributed by atoms with Gasteiger partial charge in [0.15, 0.2) is 0 Å². The van der Waals surface area contributed by atoms with Crippen molar-refractivity contribution in [1.82, 2.24) is 15.2 Å². The minimum absolute atomic E-state index is 0.0604. The third kappa shape index (κ3) is 7.32. The number of hydrogen-bond donors (Lipinski definition) is 2. The zero-order chi connectivity index (χ0) is 28.3. The van der Waals surface area contributed by atoms with Crippen molar-refractivity contribution in [2.45, 2.75) is 19.4 Å². The summed E-state index contributed by atoms with van der Waals surface area (Å²) in [5, 5.41) is 12.2. The first-order valence-corrected chi connectivity index (χ1v) is 13.0. The van der Waals surface area contributed by atoms with Crippen molar-refractivity contribution >= 4 is 17.8 Å². The first kappa shape index (κ1) is 28.0. The normalized spacial score (nSPS) is 10.5. The topological polar surface area (TPSA) is 109 Å². The van der Waals surface area contributed by atoms with E-state index in [1.807, 2.05) is 54.6 Å². The summed E-state index contributed by atoms with van der Waals surface area (Å²) in [5.41, 5.74) is 3.76. The Balaban J connectivity index is 1.59. The Bertz CT molecular complexity index is 1460. The number of hydrogen-bond acceptors (Lipinski definition) is 5. The van der Waals surface area contributed by atoms with Crippen molar-refractivity contribution < 1.29 is 24.2 Å². The molecule has 4 rings (SSSR count). The van der Waals surface area contributed by atoms with E-state index >= 15 is 0 Å². The van der Waals surface area contributed by atoms with Gasteiger partial charge in [-0.25, -0.2) is 0 Å². The van der Waals surface area contributed by atoms with E-state index in [1.54, 1.807) is 54.6 Å². The first-order valence-electron chi connectivity index (χ1n) is 13.0. The molecule has 0 fully saturated rings. The first-order chi connectivity index (χ1) is 19.5. The number of carbonyl (C=O) groups excluding carboxylic acids is 2. The van der Waals surface area contributed by atoms with Gasteiger partial charge in [-0.15, -0.1) is 0 Å². The Kier molecular flexibility index (Phi) is 9.61. The van der Waals surface area contributed by atoms with Crippen LogP contribution in [0.4, 0.5) is 0 Å². The Labute approximate surface area is 233 Å². The molecule has 1 heterocycles. The van der Waals surface area contributed by atoms with Crippen LogP contribution < -0.4 is 10.1 Å². The summed E-state index contributed by atoms with van der Waals surface area (Å²) in [5.74, 6) is -0.829. The number of nitrogens with zero attached hydrogens (tertiary/aromatic N) is 2. The zero-order valence-corrected chi connectivity index (χ0v) is 22.2. The minimum atomic E-state index is -0.981. The van der Waals surface area contributed by atoms with Crippen LogP contribution in [-0.4, -0.2) is 53.0 Å². The molecule has 0 atom stereocenters. The molecule has 4 aromatic rings. The number of aliphatic carboxylic acids is 1. The Hall–Kier alpha value is -4.98. The SMILES string of the molecule is COc1ccc(CCN(CCC(=O)O)C(=O)c2ccccc2-c2ccccc2C(=O)NCc2ccccn2)cc1. The molecule has 204 valence electrons. The molecular formula is C32H31N3O5. The fourth-order valence-corrected chi connectivity index (χ4v) is 4.36. The maximum Gasteiger partial charge on any atom is 0.305 e. The van der Waals surface area contributed by atoms with Gasteiger partial charge in [-0.2, -0.15) is 0 Å². The quantitative estimate of drug-likeness (QED) is 0.268. The minimum Gasteiger partial charge on any atom is -0.497 e. The van der Waals surface area contributed by atoms with Crippen molar-refractivity contribution in [3.8, 4) is 16.9 Å². The molecule has 8 nitrogen and oxygen atoms in total. The number of carboxylic acid groups (broad SMARTS) is 1. The lowest BCUT2D eigenvalue weighted by atomic mass is 9.94. The van der Waals surface area contributed by atoms with E-state index in [0.717, 1.165) is 17.0 Å². The molecule has 0 saturated carbocycles. The van der Waals surface area contributed by atoms with Gasteiger partial charge in [0.1, 0.15) is 5.75 Å². The van der Waals surface area contributed by atoms with E-state index in [2.05, 4.69) is 10.3 Å². The summed E-state index contributed by atoms with van der Waals surface area (Å²) in [7, 11) is 1.60. The van der Waals surface area contributed by atoms with Crippen LogP contribution >= 0.6 is 0 Å². The number of aromatic nitrogens is 1. The molecule has 0 aliphatic heterocycles. The summed E-state index contributed by atoms with van der Waals surface area (Å²) in [6.07, 6.45) is 2.04. The molecule has 40 heavy (non-hydrogen) atoms. The number of pyridine rings is 1. The maximum absolute atomic E-state index is 13.9. The van der Waals surface area contributed by atoms with E-state index in [0.29, 0.717) is 35.2 Å². The highest BCUT2D eigenvalue weighted by atomic mass is 16.5. The smallest absolute Gasteiger partial charge is 0.305 e. The largest absolute Gasteiger partial charge is 0.497 e. The van der Waals surface area contributed by atoms with Gasteiger partial charge in [-0.3, -0.25) is 19.4 Å². The van der Waals surface area contributed by atoms with Gasteiger partial charge in [-0.05, 0) is 59.5 Å². The van der Waals surface area contributed by atoms with Crippen LogP contribution in [0.2, 0.25) is 0 Å². The van der Waals surface area contributed by atoms with Crippen molar-refractivity contribution in [2.24, 2.45) is 0 Å². The highest BCUT2D eigenvalue weighted by Gasteiger charge is 2.22. The third-order valence-electron chi connectivity index (χ3n) is 6.49. The third-order valence-corrected chi connectivity index (χ3v) is 6.49. The standard InChI is InChI=1S/C32H31N3O5/c1-40-25-15-13-23(14-16-25)17-20-35(21-18-30(36)37)32(39)29-12-5-3-10-27(29)26-9-2-4-11-28(26)31(38)34-22-24-8-6-7-19-33-24/h2-16,19H,17-18,20-22H2,1H3,(H,34,38)(H,36,37). The predicted molar refractivity (Wildman–Crippen MR) is 152 cm³/mol. The Morgan fingerprint density at radius 1 is 0.825 bits per heavy atom. The lowest BCUT2D eigenvalue weighted by Crippen LogP contribution is -2.35. The van der Waals surface area contributed by atoms with Crippen molar-refractivity contribution in [3.63, 3.8) is 0 Å². The van der Waals surface area contributed by atoms with Crippen LogP contribution in [0, 0.1) is 0 Å². The second-order valence-electron chi connectivity index (χ2n) is 9.13. The van der Waals surface area contributed by atoms with E-state index in [-0.39, 0.29) is 31.3 Å². The average molecular weight is 538 g/mol. The number of carboxylic acids is 1. The monoisotopic (exact) mass is 537 g/mol. The molecule has 2 N–H and O–H groups in total. The highest BCUT2D eigenvalue weighted by molar-refractivity contribution is 6.06. The van der Waals surface area contributed by atoms with Crippen molar-refractivity contribution in [3.05, 3.63) is 120 Å². The van der Waals surface area contributed by atoms with Crippen molar-refractivity contribution in [1.29, 1.82) is 0 Å². The van der Waals surface area contributed by atoms with Crippen LogP contribution in [0.15, 0.2) is 97.2 Å². The summed E-state index contributed by atoms with van der Waals surface area (Å²) in [6, 6.07) is 27.3. The number of ether oxygens (including phenoxy) is 1. The van der Waals surface area contributed by atoms with E-state index in [9.17, 15) is 19.5 Å². The number of carbonyl (C=O) groups is 3. The molecular weight excluding hydrogens is 506 g/mol. The molecule has 0 radical (unpaired) electrons. The lowest BCUT2D eigenvalue weighted by Gasteiger charge is -2.24. The number of methoxy groups -OCH3 is 1. The Morgan fingerprint density at radius 3 is 2.12 bits per heavy atom. The predicted octanol–water partition coefficient (Wildman–Crippen LogP) is 4.85. The van der Waals surface area contributed by atoms with Crippen LogP contribution in [0.1, 0.15) is 38.4 Å². The molecule has 8 heteroatoms. The molecule has 0 saturated heterocycles. The van der Waals surface area contributed by atoms with Crippen LogP contribution in [0.5, 0.6) is 5.75 Å². The van der Waals surface area contributed by atoms with E-state index in [1.165, 1.54) is 0 Å². The molecule has 3 aromatic carbocycles. The van der Waals surface area contributed by atoms with Gasteiger partial charge in [0.2, 0.25) is 0 Å². The van der Waals surface area contributed by atoms with Gasteiger partial charge in [0.25, 0.3) is 11.8 Å². The van der Waals surface area contributed by atoms with Crippen LogP contribution in [0.3, 0.4) is 0 Å². The summed E-state index contributed by atoms with van der Waals surface area (Å²) < 4.78 is 5.21. The molecule has 0 bridgehead atoms. The zero-order valence-electron chi connectivity index (χ0n) is 22.2. The average Bonchev–Trinajstić information content (AvgIpc) is 3.00. The maximum atomic E-state index is 13.9. The molecule has 1 aromatic heterocycles. The lowest BCUT2D eigenvalue weighted by molar-refractivity contribution is -0.137. The fraction of sp³-hybridized carbons (Fsp3) is 0.188. The van der Waals surface area contributed by atoms with Crippen molar-refractivity contribution in [2.75, 3.05) is 20.2 Å². The molecule has 0 unspecified atom stereocenters. The van der Waals surface area contributed by atoms with Gasteiger partial charge >= 0.3 is 5.97 Å². The van der Waals surface area contributed by atoms with Gasteiger partial charge in [-0.1, -0.05) is 54.6 Å². The summed E-state index contributed by atoms with van der Waals surface area (Å²) in [4.78, 5) is 44.3. The second-order valence-corrected chi connectivity index (χ2v) is 9.13. The molecule has 2 amide bonds. The molecule has 0 spiro atoms. The van der Waals surface area contributed by atoms with Gasteiger partial charge < -0.3 is 20.1 Å². The summed E-state index contributed by atoms with van der Waals surface area (Å²) in [6.45, 7) is 0.659. The fourth-order valence-electron chi connectivity index (χ4n) is 4.36. The highest BCUT2D eigenvalue weighted by Crippen LogP contribution is 2.28. The van der Waals surface area contributed by atoms with E-state index in [4.69, 9.17) is 4.74 Å².